The first-order chi connectivity index (χ1) is 6.69. The molecule has 0 saturated carbocycles. The lowest BCUT2D eigenvalue weighted by Gasteiger charge is -2.06. The molecule has 68 valence electrons. The summed E-state index contributed by atoms with van der Waals surface area (Å²) in [5.74, 6) is 0. The molecule has 0 N–H and O–H groups in total. The number of allylic oxidation sites excluding steroid dienone is 4. The molecule has 0 heterocycles. The summed E-state index contributed by atoms with van der Waals surface area (Å²) in [7, 11) is 0. The van der Waals surface area contributed by atoms with E-state index in [2.05, 4.69) is 9.98 Å². The van der Waals surface area contributed by atoms with E-state index in [0.29, 0.717) is 16.5 Å². The third-order valence-corrected chi connectivity index (χ3v) is 2.52. The molecule has 0 aliphatic heterocycles. The van der Waals surface area contributed by atoms with Crippen LogP contribution < -0.4 is 0 Å². The molecule has 1 aliphatic carbocycles. The van der Waals surface area contributed by atoms with E-state index in [0.717, 1.165) is 3.58 Å². The second-order valence-electron chi connectivity index (χ2n) is 2.18. The Hall–Kier alpha value is -1.18. The fourth-order valence-corrected chi connectivity index (χ4v) is 1.58. The molecule has 0 unspecified atom stereocenters. The molecule has 0 saturated heterocycles. The van der Waals surface area contributed by atoms with Crippen LogP contribution >= 0.6 is 34.2 Å². The molecule has 6 heteroatoms. The van der Waals surface area contributed by atoms with E-state index in [4.69, 9.17) is 22.1 Å². The summed E-state index contributed by atoms with van der Waals surface area (Å²) >= 11 is 7.79. The number of halogens is 2. The predicted molar refractivity (Wildman–Crippen MR) is 62.1 cm³/mol. The molecule has 1 aliphatic rings. The van der Waals surface area contributed by atoms with Crippen molar-refractivity contribution in [3.8, 4) is 12.4 Å². The van der Waals surface area contributed by atoms with Crippen molar-refractivity contribution in [3.63, 3.8) is 0 Å². The van der Waals surface area contributed by atoms with Crippen LogP contribution in [0.1, 0.15) is 0 Å². The summed E-state index contributed by atoms with van der Waals surface area (Å²) < 4.78 is 0.725. The van der Waals surface area contributed by atoms with Crippen LogP contribution in [0.3, 0.4) is 0 Å². The van der Waals surface area contributed by atoms with Crippen molar-refractivity contribution in [2.45, 2.75) is 0 Å². The molecule has 0 aromatic heterocycles. The van der Waals surface area contributed by atoms with Crippen LogP contribution in [-0.2, 0) is 0 Å². The van der Waals surface area contributed by atoms with E-state index in [1.165, 1.54) is 6.08 Å². The Labute approximate surface area is 99.0 Å². The van der Waals surface area contributed by atoms with Gasteiger partial charge in [-0.2, -0.15) is 20.5 Å². The molecule has 0 aromatic rings. The number of nitriles is 2. The van der Waals surface area contributed by atoms with Gasteiger partial charge in [0.2, 0.25) is 12.4 Å². The lowest BCUT2D eigenvalue weighted by Crippen LogP contribution is -2.07. The molecule has 4 nitrogen and oxygen atoms in total. The third-order valence-electron chi connectivity index (χ3n) is 1.36. The maximum atomic E-state index is 8.37. The van der Waals surface area contributed by atoms with Gasteiger partial charge in [0.15, 0.2) is 0 Å². The predicted octanol–water partition coefficient (Wildman–Crippen LogP) is 2.29. The molecule has 1 rings (SSSR count). The zero-order valence-corrected chi connectivity index (χ0v) is 9.61. The number of hydrogen-bond acceptors (Lipinski definition) is 4. The first-order valence-electron chi connectivity index (χ1n) is 3.37. The van der Waals surface area contributed by atoms with Gasteiger partial charge >= 0.3 is 0 Å². The van der Waals surface area contributed by atoms with Gasteiger partial charge in [-0.05, 0) is 34.7 Å². The second kappa shape index (κ2) is 4.89. The van der Waals surface area contributed by atoms with E-state index < -0.39 is 0 Å². The molecule has 0 bridgehead atoms. The monoisotopic (exact) mass is 316 g/mol. The highest BCUT2D eigenvalue weighted by molar-refractivity contribution is 14.1. The zero-order valence-electron chi connectivity index (χ0n) is 6.70. The number of hydrogen-bond donors (Lipinski definition) is 0. The Balaban J connectivity index is 3.17. The highest BCUT2D eigenvalue weighted by Crippen LogP contribution is 2.21. The van der Waals surface area contributed by atoms with Crippen LogP contribution in [0.4, 0.5) is 0 Å². The summed E-state index contributed by atoms with van der Waals surface area (Å²) in [5, 5.41) is 17.0. The zero-order chi connectivity index (χ0) is 10.6. The van der Waals surface area contributed by atoms with Crippen molar-refractivity contribution < 1.29 is 0 Å². The number of nitrogens with zero attached hydrogens (tertiary/aromatic N) is 4. The van der Waals surface area contributed by atoms with Gasteiger partial charge in [-0.15, -0.1) is 0 Å². The van der Waals surface area contributed by atoms with Crippen LogP contribution in [0, 0.1) is 22.9 Å². The van der Waals surface area contributed by atoms with E-state index in [1.54, 1.807) is 18.5 Å². The number of aliphatic imine (C=N–C) groups is 2. The van der Waals surface area contributed by atoms with E-state index in [9.17, 15) is 0 Å². The van der Waals surface area contributed by atoms with Gasteiger partial charge in [0.1, 0.15) is 0 Å². The van der Waals surface area contributed by atoms with Crippen molar-refractivity contribution in [1.29, 1.82) is 10.5 Å². The normalized spacial score (nSPS) is 21.1. The van der Waals surface area contributed by atoms with Crippen molar-refractivity contribution in [1.82, 2.24) is 0 Å². The van der Waals surface area contributed by atoms with Crippen LogP contribution in [0.2, 0.25) is 0 Å². The fourth-order valence-electron chi connectivity index (χ4n) is 0.805. The summed E-state index contributed by atoms with van der Waals surface area (Å²) in [6, 6.07) is 0. The van der Waals surface area contributed by atoms with E-state index in [-0.39, 0.29) is 0 Å². The smallest absolute Gasteiger partial charge is 0.173 e. The van der Waals surface area contributed by atoms with Gasteiger partial charge in [-0.25, -0.2) is 0 Å². The molecular formula is C8H2ClIN4. The van der Waals surface area contributed by atoms with Crippen molar-refractivity contribution in [2.24, 2.45) is 9.98 Å². The molecular weight excluding hydrogens is 314 g/mol. The van der Waals surface area contributed by atoms with Crippen LogP contribution in [-0.4, -0.2) is 11.4 Å². The lowest BCUT2D eigenvalue weighted by atomic mass is 10.1. The summed E-state index contributed by atoms with van der Waals surface area (Å²) in [6.45, 7) is 0. The molecule has 0 fully saturated rings. The van der Waals surface area contributed by atoms with Crippen LogP contribution in [0.5, 0.6) is 0 Å². The topological polar surface area (TPSA) is 72.3 Å². The quantitative estimate of drug-likeness (QED) is 0.391. The van der Waals surface area contributed by atoms with Crippen LogP contribution in [0.15, 0.2) is 30.7 Å². The van der Waals surface area contributed by atoms with Gasteiger partial charge in [-0.1, -0.05) is 11.6 Å². The Morgan fingerprint density at radius 1 is 1.14 bits per heavy atom. The maximum absolute atomic E-state index is 8.37. The van der Waals surface area contributed by atoms with E-state index in [1.807, 2.05) is 22.6 Å². The minimum Gasteiger partial charge on any atom is -0.173 e. The van der Waals surface area contributed by atoms with E-state index >= 15 is 0 Å². The number of rotatable bonds is 0. The lowest BCUT2D eigenvalue weighted by molar-refractivity contribution is 1.43. The fraction of sp³-hybridized carbons (Fsp3) is 0. The van der Waals surface area contributed by atoms with Gasteiger partial charge in [0, 0.05) is 3.58 Å². The maximum Gasteiger partial charge on any atom is 0.206 e. The molecule has 14 heavy (non-hydrogen) atoms. The molecule has 0 radical (unpaired) electrons. The standard InChI is InChI=1S/C8H2ClIN4/c9-5-1-8(14-4-12)6(10)2-7(5)13-3-11/h1-2H. The molecule has 0 aromatic carbocycles. The van der Waals surface area contributed by atoms with Gasteiger partial charge < -0.3 is 0 Å². The Morgan fingerprint density at radius 2 is 1.71 bits per heavy atom. The third kappa shape index (κ3) is 2.41. The van der Waals surface area contributed by atoms with Gasteiger partial charge in [0.25, 0.3) is 0 Å². The Bertz CT molecular complexity index is 415. The molecule has 0 atom stereocenters. The van der Waals surface area contributed by atoms with Gasteiger partial charge in [0.05, 0.1) is 16.5 Å². The second-order valence-corrected chi connectivity index (χ2v) is 3.75. The Kier molecular flexibility index (Phi) is 3.81. The minimum atomic E-state index is 0.306. The average molecular weight is 316 g/mol. The first-order valence-corrected chi connectivity index (χ1v) is 4.83. The minimum absolute atomic E-state index is 0.306. The highest BCUT2D eigenvalue weighted by atomic mass is 127. The van der Waals surface area contributed by atoms with Crippen molar-refractivity contribution in [2.75, 3.05) is 0 Å². The summed E-state index contributed by atoms with van der Waals surface area (Å²) in [5.41, 5.74) is 0.866. The molecule has 0 amide bonds. The summed E-state index contributed by atoms with van der Waals surface area (Å²) in [4.78, 5) is 7.07. The highest BCUT2D eigenvalue weighted by Gasteiger charge is 2.13. The average Bonchev–Trinajstić information content (AvgIpc) is 2.14. The SMILES string of the molecule is N#CN=C1C=C(I)C(=NC#N)C=C1Cl. The van der Waals surface area contributed by atoms with Crippen molar-refractivity contribution >= 4 is 45.6 Å². The van der Waals surface area contributed by atoms with Crippen molar-refractivity contribution in [3.05, 3.63) is 20.8 Å². The van der Waals surface area contributed by atoms with Crippen LogP contribution in [0.25, 0.3) is 0 Å². The Morgan fingerprint density at radius 3 is 2.29 bits per heavy atom. The molecule has 0 spiro atoms. The largest absolute Gasteiger partial charge is 0.206 e. The van der Waals surface area contributed by atoms with Gasteiger partial charge in [-0.3, -0.25) is 0 Å². The first kappa shape index (κ1) is 10.9. The summed E-state index contributed by atoms with van der Waals surface area (Å²) in [6.07, 6.45) is 6.42.